The molecule has 1 saturated heterocycles. The Balaban J connectivity index is 1.99. The van der Waals surface area contributed by atoms with Gasteiger partial charge >= 0.3 is 6.03 Å². The van der Waals surface area contributed by atoms with Crippen molar-refractivity contribution in [3.63, 3.8) is 0 Å². The lowest BCUT2D eigenvalue weighted by molar-refractivity contribution is -0.128. The lowest BCUT2D eigenvalue weighted by Gasteiger charge is -2.23. The first kappa shape index (κ1) is 19.3. The van der Waals surface area contributed by atoms with Crippen LogP contribution in [-0.4, -0.2) is 41.9 Å². The second-order valence-electron chi connectivity index (χ2n) is 7.04. The quantitative estimate of drug-likeness (QED) is 0.873. The van der Waals surface area contributed by atoms with Crippen LogP contribution in [0, 0.1) is 5.92 Å². The average molecular weight is 345 g/mol. The summed E-state index contributed by atoms with van der Waals surface area (Å²) in [6.45, 7) is 5.91. The molecule has 25 heavy (non-hydrogen) atoms. The molecule has 0 aromatic heterocycles. The molecule has 0 saturated carbocycles. The van der Waals surface area contributed by atoms with Crippen LogP contribution in [0.3, 0.4) is 0 Å². The molecule has 1 aromatic carbocycles. The van der Waals surface area contributed by atoms with Crippen molar-refractivity contribution in [2.24, 2.45) is 5.92 Å². The summed E-state index contributed by atoms with van der Waals surface area (Å²) in [5.74, 6) is 0.759. The van der Waals surface area contributed by atoms with Gasteiger partial charge in [0, 0.05) is 39.3 Å². The highest BCUT2D eigenvalue weighted by Gasteiger charge is 2.21. The highest BCUT2D eigenvalue weighted by molar-refractivity contribution is 5.90. The number of carbonyl (C=O) groups excluding carboxylic acids is 2. The Labute approximate surface area is 151 Å². The van der Waals surface area contributed by atoms with Crippen LogP contribution >= 0.6 is 0 Å². The van der Waals surface area contributed by atoms with E-state index in [4.69, 9.17) is 0 Å². The van der Waals surface area contributed by atoms with E-state index in [1.54, 1.807) is 18.9 Å². The Morgan fingerprint density at radius 3 is 2.72 bits per heavy atom. The molecule has 1 atom stereocenters. The van der Waals surface area contributed by atoms with Gasteiger partial charge in [0.05, 0.1) is 0 Å². The van der Waals surface area contributed by atoms with Crippen molar-refractivity contribution >= 4 is 17.6 Å². The molecule has 5 nitrogen and oxygen atoms in total. The smallest absolute Gasteiger partial charge is 0.321 e. The number of nitrogens with zero attached hydrogens (tertiary/aromatic N) is 2. The van der Waals surface area contributed by atoms with Crippen LogP contribution in [0.4, 0.5) is 10.5 Å². The number of amides is 3. The summed E-state index contributed by atoms with van der Waals surface area (Å²) in [5, 5.41) is 3.05. The molecular formula is C20H31N3O2. The van der Waals surface area contributed by atoms with Gasteiger partial charge in [-0.1, -0.05) is 38.0 Å². The van der Waals surface area contributed by atoms with Gasteiger partial charge < -0.3 is 15.1 Å². The number of hydrogen-bond acceptors (Lipinski definition) is 2. The summed E-state index contributed by atoms with van der Waals surface area (Å²) in [6.07, 6.45) is 5.87. The molecule has 2 rings (SSSR count). The summed E-state index contributed by atoms with van der Waals surface area (Å²) in [4.78, 5) is 27.7. The first-order chi connectivity index (χ1) is 12.0. The highest BCUT2D eigenvalue weighted by atomic mass is 16.2. The van der Waals surface area contributed by atoms with Crippen molar-refractivity contribution in [3.8, 4) is 0 Å². The van der Waals surface area contributed by atoms with E-state index in [1.807, 2.05) is 29.2 Å². The van der Waals surface area contributed by atoms with Gasteiger partial charge in [-0.2, -0.15) is 0 Å². The summed E-state index contributed by atoms with van der Waals surface area (Å²) in [7, 11) is 1.77. The van der Waals surface area contributed by atoms with Crippen LogP contribution < -0.4 is 5.32 Å². The van der Waals surface area contributed by atoms with E-state index >= 15 is 0 Å². The first-order valence-corrected chi connectivity index (χ1v) is 9.36. The maximum Gasteiger partial charge on any atom is 0.321 e. The zero-order valence-corrected chi connectivity index (χ0v) is 15.8. The molecule has 0 radical (unpaired) electrons. The van der Waals surface area contributed by atoms with E-state index in [0.717, 1.165) is 43.1 Å². The predicted octanol–water partition coefficient (Wildman–Crippen LogP) is 4.10. The maximum absolute atomic E-state index is 12.7. The predicted molar refractivity (Wildman–Crippen MR) is 101 cm³/mol. The molecule has 1 fully saturated rings. The monoisotopic (exact) mass is 345 g/mol. The summed E-state index contributed by atoms with van der Waals surface area (Å²) >= 11 is 0. The van der Waals surface area contributed by atoms with Crippen molar-refractivity contribution < 1.29 is 9.59 Å². The van der Waals surface area contributed by atoms with Gasteiger partial charge in [0.2, 0.25) is 5.91 Å². The normalized spacial score (nSPS) is 17.7. The lowest BCUT2D eigenvalue weighted by atomic mass is 9.96. The third-order valence-corrected chi connectivity index (χ3v) is 5.04. The van der Waals surface area contributed by atoms with Crippen molar-refractivity contribution in [2.75, 3.05) is 25.5 Å². The van der Waals surface area contributed by atoms with Crippen LogP contribution in [0.15, 0.2) is 24.3 Å². The van der Waals surface area contributed by atoms with E-state index in [-0.39, 0.29) is 11.9 Å². The minimum atomic E-state index is -0.0323. The number of urea groups is 1. The molecule has 3 amide bonds. The van der Waals surface area contributed by atoms with E-state index in [1.165, 1.54) is 19.3 Å². The number of benzene rings is 1. The summed E-state index contributed by atoms with van der Waals surface area (Å²) in [5.41, 5.74) is 1.74. The molecular weight excluding hydrogens is 314 g/mol. The molecule has 5 heteroatoms. The van der Waals surface area contributed by atoms with Gasteiger partial charge in [0.25, 0.3) is 0 Å². The number of hydrogen-bond donors (Lipinski definition) is 1. The number of anilines is 1. The Hall–Kier alpha value is -2.04. The van der Waals surface area contributed by atoms with Crippen LogP contribution in [0.5, 0.6) is 0 Å². The van der Waals surface area contributed by atoms with E-state index in [2.05, 4.69) is 12.2 Å². The van der Waals surface area contributed by atoms with Crippen molar-refractivity contribution in [1.82, 2.24) is 9.80 Å². The second kappa shape index (κ2) is 9.44. The molecule has 0 aliphatic carbocycles. The molecule has 1 aromatic rings. The fraction of sp³-hybridized carbons (Fsp3) is 0.600. The second-order valence-corrected chi connectivity index (χ2v) is 7.04. The number of nitrogens with one attached hydrogen (secondary N) is 1. The first-order valence-electron chi connectivity index (χ1n) is 9.36. The Morgan fingerprint density at radius 1 is 1.24 bits per heavy atom. The number of carbonyl (C=O) groups is 2. The zero-order chi connectivity index (χ0) is 18.2. The zero-order valence-electron chi connectivity index (χ0n) is 15.8. The van der Waals surface area contributed by atoms with Crippen molar-refractivity contribution in [1.29, 1.82) is 0 Å². The van der Waals surface area contributed by atoms with Gasteiger partial charge in [0.15, 0.2) is 0 Å². The molecule has 0 spiro atoms. The Kier molecular flexibility index (Phi) is 7.29. The maximum atomic E-state index is 12.7. The fourth-order valence-corrected chi connectivity index (χ4v) is 3.41. The number of para-hydroxylation sites is 1. The van der Waals surface area contributed by atoms with E-state index in [9.17, 15) is 9.59 Å². The summed E-state index contributed by atoms with van der Waals surface area (Å²) < 4.78 is 0. The largest absolute Gasteiger partial charge is 0.342 e. The van der Waals surface area contributed by atoms with Crippen LogP contribution in [0.1, 0.15) is 51.5 Å². The van der Waals surface area contributed by atoms with Crippen LogP contribution in [-0.2, 0) is 11.3 Å². The lowest BCUT2D eigenvalue weighted by Crippen LogP contribution is -2.36. The van der Waals surface area contributed by atoms with Crippen molar-refractivity contribution in [2.45, 2.75) is 52.5 Å². The number of likely N-dealkylation sites (tertiary alicyclic amines) is 1. The van der Waals surface area contributed by atoms with Gasteiger partial charge in [-0.05, 0) is 36.8 Å². The Bertz CT molecular complexity index is 588. The van der Waals surface area contributed by atoms with Crippen LogP contribution in [0.2, 0.25) is 0 Å². The van der Waals surface area contributed by atoms with E-state index < -0.39 is 0 Å². The summed E-state index contributed by atoms with van der Waals surface area (Å²) in [6, 6.07) is 7.66. The minimum Gasteiger partial charge on any atom is -0.342 e. The SMILES string of the molecule is CCCC1CCCN(C(=O)Nc2ccccc2CN(C)C(C)=O)CC1. The Morgan fingerprint density at radius 2 is 2.00 bits per heavy atom. The van der Waals surface area contributed by atoms with Gasteiger partial charge in [0.1, 0.15) is 0 Å². The third kappa shape index (κ3) is 5.76. The average Bonchev–Trinajstić information content (AvgIpc) is 2.82. The standard InChI is InChI=1S/C20H31N3O2/c1-4-8-17-9-7-13-23(14-12-17)20(25)21-19-11-6-5-10-18(19)15-22(3)16(2)24/h5-6,10-11,17H,4,7-9,12-15H2,1-3H3,(H,21,25). The van der Waals surface area contributed by atoms with Gasteiger partial charge in [-0.15, -0.1) is 0 Å². The molecule has 1 N–H and O–H groups in total. The molecule has 138 valence electrons. The minimum absolute atomic E-state index is 0.00983. The molecule has 1 aliphatic rings. The fourth-order valence-electron chi connectivity index (χ4n) is 3.41. The third-order valence-electron chi connectivity index (χ3n) is 5.04. The highest BCUT2D eigenvalue weighted by Crippen LogP contribution is 2.23. The number of rotatable bonds is 5. The molecule has 1 unspecified atom stereocenters. The topological polar surface area (TPSA) is 52.7 Å². The molecule has 1 heterocycles. The van der Waals surface area contributed by atoms with Gasteiger partial charge in [-0.3, -0.25) is 4.79 Å². The van der Waals surface area contributed by atoms with Gasteiger partial charge in [-0.25, -0.2) is 4.79 Å². The molecule has 1 aliphatic heterocycles. The van der Waals surface area contributed by atoms with Crippen LogP contribution in [0.25, 0.3) is 0 Å². The molecule has 0 bridgehead atoms. The van der Waals surface area contributed by atoms with Crippen molar-refractivity contribution in [3.05, 3.63) is 29.8 Å². The van der Waals surface area contributed by atoms with E-state index in [0.29, 0.717) is 6.54 Å².